The number of urea groups is 1. The molecule has 0 spiro atoms. The van der Waals surface area contributed by atoms with Gasteiger partial charge in [0.25, 0.3) is 0 Å². The first-order valence-electron chi connectivity index (χ1n) is 8.22. The second kappa shape index (κ2) is 7.63. The monoisotopic (exact) mass is 365 g/mol. The van der Waals surface area contributed by atoms with E-state index < -0.39 is 17.8 Å². The highest BCUT2D eigenvalue weighted by Gasteiger charge is 2.34. The average molecular weight is 365 g/mol. The predicted molar refractivity (Wildman–Crippen MR) is 89.9 cm³/mol. The Balaban J connectivity index is 1.65. The van der Waals surface area contributed by atoms with Crippen molar-refractivity contribution in [3.05, 3.63) is 54.4 Å². The van der Waals surface area contributed by atoms with Crippen LogP contribution in [-0.4, -0.2) is 35.1 Å². The number of pyridine rings is 1. The lowest BCUT2D eigenvalue weighted by atomic mass is 10.1. The first-order chi connectivity index (χ1) is 12.4. The number of nitrogens with one attached hydrogen (secondary N) is 1. The molecule has 0 bridgehead atoms. The van der Waals surface area contributed by atoms with Crippen LogP contribution in [0.25, 0.3) is 0 Å². The van der Waals surface area contributed by atoms with Gasteiger partial charge in [0, 0.05) is 18.9 Å². The molecule has 0 saturated carbocycles. The number of anilines is 1. The number of hydrogen-bond acceptors (Lipinski definition) is 3. The van der Waals surface area contributed by atoms with Crippen molar-refractivity contribution in [1.82, 2.24) is 9.88 Å². The van der Waals surface area contributed by atoms with Crippen molar-refractivity contribution in [1.29, 1.82) is 0 Å². The molecule has 1 saturated heterocycles. The van der Waals surface area contributed by atoms with E-state index in [2.05, 4.69) is 10.3 Å². The second-order valence-corrected chi connectivity index (χ2v) is 5.98. The summed E-state index contributed by atoms with van der Waals surface area (Å²) in [6.45, 7) is 0.776. The van der Waals surface area contributed by atoms with E-state index in [1.807, 2.05) is 0 Å². The molecular formula is C18H18F3N3O2. The van der Waals surface area contributed by atoms with Gasteiger partial charge in [-0.15, -0.1) is 0 Å². The molecular weight excluding hydrogens is 347 g/mol. The van der Waals surface area contributed by atoms with Crippen LogP contribution in [0.3, 0.4) is 0 Å². The number of hydrogen-bond donors (Lipinski definition) is 1. The smallest absolute Gasteiger partial charge is 0.418 e. The number of halogens is 3. The maximum atomic E-state index is 13.1. The van der Waals surface area contributed by atoms with Gasteiger partial charge in [-0.3, -0.25) is 4.98 Å². The standard InChI is InChI=1S/C18H18F3N3O2/c19-18(20,21)15-5-1-2-6-16(15)23-17(25)24-11-3-4-14(12-24)26-13-7-9-22-10-8-13/h1-2,5-10,14H,3-4,11-12H2,(H,23,25)/t14-/m1/s1. The van der Waals surface area contributed by atoms with E-state index in [4.69, 9.17) is 4.74 Å². The summed E-state index contributed by atoms with van der Waals surface area (Å²) >= 11 is 0. The van der Waals surface area contributed by atoms with Crippen LogP contribution >= 0.6 is 0 Å². The average Bonchev–Trinajstić information content (AvgIpc) is 2.62. The Hall–Kier alpha value is -2.77. The van der Waals surface area contributed by atoms with Crippen LogP contribution in [0, 0.1) is 0 Å². The maximum Gasteiger partial charge on any atom is 0.418 e. The molecule has 1 fully saturated rings. The first-order valence-corrected chi connectivity index (χ1v) is 8.22. The summed E-state index contributed by atoms with van der Waals surface area (Å²) in [6, 6.07) is 7.81. The van der Waals surface area contributed by atoms with Crippen molar-refractivity contribution >= 4 is 11.7 Å². The lowest BCUT2D eigenvalue weighted by Gasteiger charge is -2.33. The molecule has 0 aliphatic carbocycles. The highest BCUT2D eigenvalue weighted by molar-refractivity contribution is 5.90. The molecule has 26 heavy (non-hydrogen) atoms. The summed E-state index contributed by atoms with van der Waals surface area (Å²) < 4.78 is 45.0. The Labute approximate surface area is 148 Å². The molecule has 1 aliphatic rings. The zero-order valence-electron chi connectivity index (χ0n) is 13.9. The quantitative estimate of drug-likeness (QED) is 0.888. The zero-order chi connectivity index (χ0) is 18.6. The number of ether oxygens (including phenoxy) is 1. The third-order valence-electron chi connectivity index (χ3n) is 4.09. The van der Waals surface area contributed by atoms with Gasteiger partial charge in [0.2, 0.25) is 0 Å². The van der Waals surface area contributed by atoms with Crippen molar-refractivity contribution in [2.75, 3.05) is 18.4 Å². The molecule has 1 N–H and O–H groups in total. The minimum atomic E-state index is -4.53. The largest absolute Gasteiger partial charge is 0.488 e. The number of rotatable bonds is 3. The molecule has 1 atom stereocenters. The fourth-order valence-corrected chi connectivity index (χ4v) is 2.86. The van der Waals surface area contributed by atoms with E-state index in [0.29, 0.717) is 25.3 Å². The highest BCUT2D eigenvalue weighted by atomic mass is 19.4. The van der Waals surface area contributed by atoms with Gasteiger partial charge >= 0.3 is 12.2 Å². The van der Waals surface area contributed by atoms with E-state index in [1.54, 1.807) is 24.5 Å². The number of aromatic nitrogens is 1. The van der Waals surface area contributed by atoms with Crippen LogP contribution in [-0.2, 0) is 6.18 Å². The number of likely N-dealkylation sites (tertiary alicyclic amines) is 1. The highest BCUT2D eigenvalue weighted by Crippen LogP contribution is 2.34. The summed E-state index contributed by atoms with van der Waals surface area (Å²) in [6.07, 6.45) is -0.0450. The van der Waals surface area contributed by atoms with E-state index in [1.165, 1.54) is 23.1 Å². The third-order valence-corrected chi connectivity index (χ3v) is 4.09. The molecule has 2 aromatic rings. The number of para-hydroxylation sites is 1. The Bertz CT molecular complexity index is 753. The van der Waals surface area contributed by atoms with Gasteiger partial charge in [-0.25, -0.2) is 4.79 Å². The van der Waals surface area contributed by atoms with Gasteiger partial charge in [-0.05, 0) is 37.1 Å². The fraction of sp³-hybridized carbons (Fsp3) is 0.333. The first kappa shape index (κ1) is 18.0. The number of carbonyl (C=O) groups is 1. The number of amides is 2. The maximum absolute atomic E-state index is 13.1. The van der Waals surface area contributed by atoms with Crippen LogP contribution in [0.5, 0.6) is 5.75 Å². The SMILES string of the molecule is O=C(Nc1ccccc1C(F)(F)F)N1CCC[C@@H](Oc2ccncc2)C1. The molecule has 1 aromatic heterocycles. The van der Waals surface area contributed by atoms with E-state index in [0.717, 1.165) is 12.5 Å². The molecule has 3 rings (SSSR count). The molecule has 5 nitrogen and oxygen atoms in total. The fourth-order valence-electron chi connectivity index (χ4n) is 2.86. The Kier molecular flexibility index (Phi) is 5.29. The molecule has 0 unspecified atom stereocenters. The number of carbonyl (C=O) groups excluding carboxylic acids is 1. The number of benzene rings is 1. The van der Waals surface area contributed by atoms with Crippen LogP contribution in [0.2, 0.25) is 0 Å². The van der Waals surface area contributed by atoms with Crippen molar-refractivity contribution in [2.24, 2.45) is 0 Å². The summed E-state index contributed by atoms with van der Waals surface area (Å²) in [5, 5.41) is 2.37. The molecule has 2 heterocycles. The summed E-state index contributed by atoms with van der Waals surface area (Å²) in [5.41, 5.74) is -1.11. The zero-order valence-corrected chi connectivity index (χ0v) is 13.9. The van der Waals surface area contributed by atoms with Gasteiger partial charge < -0.3 is 15.0 Å². The minimum Gasteiger partial charge on any atom is -0.488 e. The third kappa shape index (κ3) is 4.44. The molecule has 8 heteroatoms. The van der Waals surface area contributed by atoms with Crippen LogP contribution < -0.4 is 10.1 Å². The van der Waals surface area contributed by atoms with Gasteiger partial charge in [0.15, 0.2) is 0 Å². The van der Waals surface area contributed by atoms with Crippen molar-refractivity contribution in [3.63, 3.8) is 0 Å². The summed E-state index contributed by atoms with van der Waals surface area (Å²) in [7, 11) is 0. The van der Waals surface area contributed by atoms with E-state index in [9.17, 15) is 18.0 Å². The molecule has 0 radical (unpaired) electrons. The second-order valence-electron chi connectivity index (χ2n) is 5.98. The molecule has 1 aromatic carbocycles. The lowest BCUT2D eigenvalue weighted by Crippen LogP contribution is -2.46. The Morgan fingerprint density at radius 2 is 1.92 bits per heavy atom. The predicted octanol–water partition coefficient (Wildman–Crippen LogP) is 4.18. The Morgan fingerprint density at radius 3 is 2.65 bits per heavy atom. The minimum absolute atomic E-state index is 0.213. The van der Waals surface area contributed by atoms with E-state index >= 15 is 0 Å². The van der Waals surface area contributed by atoms with Gasteiger partial charge in [0.1, 0.15) is 11.9 Å². The summed E-state index contributed by atoms with van der Waals surface area (Å²) in [4.78, 5) is 17.8. The summed E-state index contributed by atoms with van der Waals surface area (Å²) in [5.74, 6) is 0.648. The van der Waals surface area contributed by atoms with Gasteiger partial charge in [0.05, 0.1) is 17.8 Å². The van der Waals surface area contributed by atoms with Crippen molar-refractivity contribution in [3.8, 4) is 5.75 Å². The number of piperidine rings is 1. The van der Waals surface area contributed by atoms with Crippen molar-refractivity contribution < 1.29 is 22.7 Å². The molecule has 138 valence electrons. The van der Waals surface area contributed by atoms with E-state index in [-0.39, 0.29) is 11.8 Å². The molecule has 2 amide bonds. The van der Waals surface area contributed by atoms with Crippen molar-refractivity contribution in [2.45, 2.75) is 25.1 Å². The topological polar surface area (TPSA) is 54.5 Å². The Morgan fingerprint density at radius 1 is 1.19 bits per heavy atom. The van der Waals surface area contributed by atoms with Gasteiger partial charge in [-0.1, -0.05) is 12.1 Å². The van der Waals surface area contributed by atoms with Crippen LogP contribution in [0.4, 0.5) is 23.7 Å². The molecule has 1 aliphatic heterocycles. The lowest BCUT2D eigenvalue weighted by molar-refractivity contribution is -0.136. The number of alkyl halides is 3. The van der Waals surface area contributed by atoms with Gasteiger partial charge in [-0.2, -0.15) is 13.2 Å². The number of nitrogens with zero attached hydrogens (tertiary/aromatic N) is 2. The normalized spacial score (nSPS) is 17.7. The van der Waals surface area contributed by atoms with Crippen LogP contribution in [0.15, 0.2) is 48.8 Å². The van der Waals surface area contributed by atoms with Crippen LogP contribution in [0.1, 0.15) is 18.4 Å².